The first-order chi connectivity index (χ1) is 24.3. The van der Waals surface area contributed by atoms with Crippen molar-refractivity contribution in [2.75, 3.05) is 0 Å². The van der Waals surface area contributed by atoms with E-state index in [0.717, 1.165) is 0 Å². The second kappa shape index (κ2) is 9.49. The van der Waals surface area contributed by atoms with E-state index in [1.165, 1.54) is 110 Å². The zero-order valence-corrected chi connectivity index (χ0v) is 28.9. The first kappa shape index (κ1) is 28.2. The lowest BCUT2D eigenvalue weighted by Gasteiger charge is -2.23. The SMILES string of the molecule is CC1(C)c2ccccc2-c2cc(-c3ccc4c(c3)C(C)(C)c3cc(-c5ccc6c7ccccc7c7cccc8ccc5c6c87)ccc3-4)ccc21. The van der Waals surface area contributed by atoms with Gasteiger partial charge in [-0.15, -0.1) is 0 Å². The lowest BCUT2D eigenvalue weighted by Crippen LogP contribution is -2.15. The summed E-state index contributed by atoms with van der Waals surface area (Å²) in [7, 11) is 0. The highest BCUT2D eigenvalue weighted by Gasteiger charge is 2.37. The lowest BCUT2D eigenvalue weighted by molar-refractivity contribution is 0.660. The predicted octanol–water partition coefficient (Wildman–Crippen LogP) is 13.7. The molecule has 0 aromatic heterocycles. The number of hydrogen-bond donors (Lipinski definition) is 0. The zero-order chi connectivity index (χ0) is 33.5. The minimum atomic E-state index is -0.123. The molecule has 0 saturated carbocycles. The molecule has 0 fully saturated rings. The number of rotatable bonds is 2. The van der Waals surface area contributed by atoms with Gasteiger partial charge in [0.15, 0.2) is 0 Å². The van der Waals surface area contributed by atoms with Gasteiger partial charge in [0.25, 0.3) is 0 Å². The molecular weight excluding hydrogens is 601 g/mol. The Balaban J connectivity index is 1.05. The third-order valence-electron chi connectivity index (χ3n) is 12.4. The largest absolute Gasteiger partial charge is 0.0619 e. The van der Waals surface area contributed by atoms with Crippen molar-refractivity contribution in [3.05, 3.63) is 168 Å². The zero-order valence-electron chi connectivity index (χ0n) is 28.9. The van der Waals surface area contributed by atoms with Gasteiger partial charge in [0.1, 0.15) is 0 Å². The summed E-state index contributed by atoms with van der Waals surface area (Å²) in [5.41, 5.74) is 16.2. The highest BCUT2D eigenvalue weighted by molar-refractivity contribution is 6.35. The first-order valence-electron chi connectivity index (χ1n) is 17.9. The predicted molar refractivity (Wildman–Crippen MR) is 214 cm³/mol. The van der Waals surface area contributed by atoms with Crippen molar-refractivity contribution in [3.8, 4) is 44.5 Å². The third kappa shape index (κ3) is 3.51. The van der Waals surface area contributed by atoms with Gasteiger partial charge >= 0.3 is 0 Å². The molecule has 0 saturated heterocycles. The van der Waals surface area contributed by atoms with Crippen molar-refractivity contribution >= 4 is 43.1 Å². The Hall–Kier alpha value is -5.72. The molecule has 0 atom stereocenters. The Morgan fingerprint density at radius 1 is 0.300 bits per heavy atom. The van der Waals surface area contributed by atoms with Crippen LogP contribution in [0.1, 0.15) is 49.9 Å². The van der Waals surface area contributed by atoms with E-state index in [1.807, 2.05) is 0 Å². The van der Waals surface area contributed by atoms with Crippen LogP contribution in [0.25, 0.3) is 87.6 Å². The molecule has 2 aliphatic carbocycles. The average Bonchev–Trinajstić information content (AvgIpc) is 3.52. The Morgan fingerprint density at radius 3 is 1.64 bits per heavy atom. The third-order valence-corrected chi connectivity index (χ3v) is 12.4. The van der Waals surface area contributed by atoms with Crippen LogP contribution in [0.15, 0.2) is 146 Å². The van der Waals surface area contributed by atoms with Crippen LogP contribution in [-0.4, -0.2) is 0 Å². The summed E-state index contributed by atoms with van der Waals surface area (Å²) in [6.07, 6.45) is 0. The molecule has 236 valence electrons. The molecule has 0 spiro atoms. The van der Waals surface area contributed by atoms with Gasteiger partial charge in [0.2, 0.25) is 0 Å². The smallest absolute Gasteiger partial charge is 0.0159 e. The van der Waals surface area contributed by atoms with Crippen molar-refractivity contribution in [2.24, 2.45) is 0 Å². The molecule has 50 heavy (non-hydrogen) atoms. The summed E-state index contributed by atoms with van der Waals surface area (Å²) in [6, 6.07) is 55.4. The molecule has 9 aromatic rings. The second-order valence-electron chi connectivity index (χ2n) is 15.7. The topological polar surface area (TPSA) is 0 Å². The van der Waals surface area contributed by atoms with Crippen LogP contribution in [0.5, 0.6) is 0 Å². The summed E-state index contributed by atoms with van der Waals surface area (Å²) < 4.78 is 0. The maximum absolute atomic E-state index is 2.48. The standard InChI is InChI=1S/C50H36/c1-49(2)43-15-8-7-13-36(43)42-26-30(19-25-44(42)49)31-17-20-37-38-21-18-32(28-46(38)50(3,4)45(37)27-31)33-23-24-41-35-12-6-5-11-34(35)39-14-9-10-29-16-22-40(33)48(41)47(29)39/h5-28H,1-4H3. The summed E-state index contributed by atoms with van der Waals surface area (Å²) in [6.45, 7) is 9.52. The van der Waals surface area contributed by atoms with Gasteiger partial charge in [-0.3, -0.25) is 0 Å². The fourth-order valence-electron chi connectivity index (χ4n) is 9.86. The Morgan fingerprint density at radius 2 is 0.840 bits per heavy atom. The van der Waals surface area contributed by atoms with Crippen LogP contribution in [0, 0.1) is 0 Å². The van der Waals surface area contributed by atoms with Crippen molar-refractivity contribution < 1.29 is 0 Å². The number of benzene rings is 9. The minimum Gasteiger partial charge on any atom is -0.0619 e. The van der Waals surface area contributed by atoms with E-state index in [-0.39, 0.29) is 10.8 Å². The number of fused-ring (bicyclic) bond motifs is 9. The maximum Gasteiger partial charge on any atom is 0.0159 e. The Labute approximate surface area is 293 Å². The van der Waals surface area contributed by atoms with Crippen LogP contribution < -0.4 is 0 Å². The fourth-order valence-corrected chi connectivity index (χ4v) is 9.86. The van der Waals surface area contributed by atoms with E-state index in [9.17, 15) is 0 Å². The van der Waals surface area contributed by atoms with Crippen LogP contribution in [0.3, 0.4) is 0 Å². The van der Waals surface area contributed by atoms with Gasteiger partial charge < -0.3 is 0 Å². The molecule has 0 heterocycles. The van der Waals surface area contributed by atoms with Gasteiger partial charge in [0, 0.05) is 10.8 Å². The van der Waals surface area contributed by atoms with Crippen LogP contribution in [0.4, 0.5) is 0 Å². The molecule has 0 amide bonds. The quantitative estimate of drug-likeness (QED) is 0.131. The van der Waals surface area contributed by atoms with Gasteiger partial charge in [-0.05, 0) is 128 Å². The van der Waals surface area contributed by atoms with Crippen LogP contribution in [0.2, 0.25) is 0 Å². The van der Waals surface area contributed by atoms with E-state index in [2.05, 4.69) is 173 Å². The molecule has 0 unspecified atom stereocenters. The van der Waals surface area contributed by atoms with E-state index < -0.39 is 0 Å². The van der Waals surface area contributed by atoms with Crippen molar-refractivity contribution in [3.63, 3.8) is 0 Å². The fraction of sp³-hybridized carbons (Fsp3) is 0.120. The average molecular weight is 637 g/mol. The first-order valence-corrected chi connectivity index (χ1v) is 17.9. The highest BCUT2D eigenvalue weighted by Crippen LogP contribution is 2.53. The number of hydrogen-bond acceptors (Lipinski definition) is 0. The monoisotopic (exact) mass is 636 g/mol. The molecule has 0 N–H and O–H groups in total. The molecule has 11 rings (SSSR count). The van der Waals surface area contributed by atoms with Gasteiger partial charge in [0.05, 0.1) is 0 Å². The lowest BCUT2D eigenvalue weighted by atomic mass is 9.80. The van der Waals surface area contributed by atoms with E-state index >= 15 is 0 Å². The van der Waals surface area contributed by atoms with Gasteiger partial charge in [-0.2, -0.15) is 0 Å². The summed E-state index contributed by atoms with van der Waals surface area (Å²) in [4.78, 5) is 0. The maximum atomic E-state index is 2.48. The summed E-state index contributed by atoms with van der Waals surface area (Å²) in [5.74, 6) is 0. The molecule has 9 aromatic carbocycles. The normalized spacial score (nSPS) is 15.1. The van der Waals surface area contributed by atoms with Crippen LogP contribution in [-0.2, 0) is 10.8 Å². The minimum absolute atomic E-state index is 0.0201. The van der Waals surface area contributed by atoms with Crippen molar-refractivity contribution in [2.45, 2.75) is 38.5 Å². The molecule has 0 radical (unpaired) electrons. The van der Waals surface area contributed by atoms with Gasteiger partial charge in [-0.25, -0.2) is 0 Å². The second-order valence-corrected chi connectivity index (χ2v) is 15.7. The van der Waals surface area contributed by atoms with E-state index in [1.54, 1.807) is 0 Å². The molecule has 0 bridgehead atoms. The molecule has 0 heteroatoms. The Bertz CT molecular complexity index is 2910. The summed E-state index contributed by atoms with van der Waals surface area (Å²) in [5, 5.41) is 10.7. The van der Waals surface area contributed by atoms with Crippen molar-refractivity contribution in [1.82, 2.24) is 0 Å². The highest BCUT2D eigenvalue weighted by atomic mass is 14.4. The molecular formula is C50H36. The van der Waals surface area contributed by atoms with E-state index in [0.29, 0.717) is 0 Å². The Kier molecular flexibility index (Phi) is 5.34. The van der Waals surface area contributed by atoms with Gasteiger partial charge in [-0.1, -0.05) is 155 Å². The van der Waals surface area contributed by atoms with Crippen LogP contribution >= 0.6 is 0 Å². The molecule has 0 aliphatic heterocycles. The molecule has 2 aliphatic rings. The molecule has 0 nitrogen and oxygen atoms in total. The van der Waals surface area contributed by atoms with E-state index in [4.69, 9.17) is 0 Å². The summed E-state index contributed by atoms with van der Waals surface area (Å²) >= 11 is 0. The van der Waals surface area contributed by atoms with Crippen molar-refractivity contribution in [1.29, 1.82) is 0 Å².